The third kappa shape index (κ3) is 3.50. The molecule has 0 heterocycles. The van der Waals surface area contributed by atoms with E-state index in [1.165, 1.54) is 28.4 Å². The zero-order valence-electron chi connectivity index (χ0n) is 12.0. The van der Waals surface area contributed by atoms with Gasteiger partial charge in [0.15, 0.2) is 0 Å². The van der Waals surface area contributed by atoms with E-state index >= 15 is 0 Å². The minimum Gasteiger partial charge on any atom is -0.307 e. The smallest absolute Gasteiger partial charge is 0.0453 e. The van der Waals surface area contributed by atoms with Crippen molar-refractivity contribution >= 4 is 27.5 Å². The molecule has 0 aromatic heterocycles. The van der Waals surface area contributed by atoms with E-state index in [0.29, 0.717) is 18.0 Å². The van der Waals surface area contributed by atoms with Crippen LogP contribution >= 0.6 is 27.5 Å². The average molecular weight is 365 g/mol. The van der Waals surface area contributed by atoms with Crippen molar-refractivity contribution in [1.29, 1.82) is 0 Å². The standard InChI is InChI=1S/C18H19BrClN/c1-12(17-7-2-3-8-18(17)20)21-16-10-14(11-16)13-5-4-6-15(19)9-13/h2-9,12,14,16,21H,10-11H2,1H3. The first-order valence-corrected chi connectivity index (χ1v) is 8.56. The number of benzene rings is 2. The summed E-state index contributed by atoms with van der Waals surface area (Å²) in [5, 5.41) is 4.54. The van der Waals surface area contributed by atoms with Crippen LogP contribution in [0.3, 0.4) is 0 Å². The fourth-order valence-electron chi connectivity index (χ4n) is 3.06. The molecule has 3 heteroatoms. The van der Waals surface area contributed by atoms with Crippen molar-refractivity contribution in [3.63, 3.8) is 0 Å². The number of rotatable bonds is 4. The lowest BCUT2D eigenvalue weighted by Crippen LogP contribution is -2.41. The zero-order chi connectivity index (χ0) is 14.8. The van der Waals surface area contributed by atoms with Gasteiger partial charge in [0.1, 0.15) is 0 Å². The van der Waals surface area contributed by atoms with Gasteiger partial charge < -0.3 is 5.32 Å². The molecule has 2 aromatic rings. The van der Waals surface area contributed by atoms with E-state index in [9.17, 15) is 0 Å². The minimum absolute atomic E-state index is 0.298. The lowest BCUT2D eigenvalue weighted by Gasteiger charge is -2.38. The zero-order valence-corrected chi connectivity index (χ0v) is 14.4. The summed E-state index contributed by atoms with van der Waals surface area (Å²) in [5.74, 6) is 0.679. The van der Waals surface area contributed by atoms with Gasteiger partial charge >= 0.3 is 0 Å². The van der Waals surface area contributed by atoms with E-state index < -0.39 is 0 Å². The van der Waals surface area contributed by atoms with Gasteiger partial charge in [0, 0.05) is 21.6 Å². The van der Waals surface area contributed by atoms with Crippen molar-refractivity contribution in [2.24, 2.45) is 0 Å². The average Bonchev–Trinajstić information content (AvgIpc) is 2.42. The van der Waals surface area contributed by atoms with E-state index in [1.54, 1.807) is 0 Å². The second kappa shape index (κ2) is 6.51. The molecule has 21 heavy (non-hydrogen) atoms. The van der Waals surface area contributed by atoms with Gasteiger partial charge in [0.05, 0.1) is 0 Å². The summed E-state index contributed by atoms with van der Waals surface area (Å²) in [4.78, 5) is 0. The number of hydrogen-bond donors (Lipinski definition) is 1. The Kier molecular flexibility index (Phi) is 4.68. The van der Waals surface area contributed by atoms with Crippen molar-refractivity contribution in [1.82, 2.24) is 5.32 Å². The van der Waals surface area contributed by atoms with E-state index in [1.807, 2.05) is 18.2 Å². The predicted molar refractivity (Wildman–Crippen MR) is 92.9 cm³/mol. The van der Waals surface area contributed by atoms with Gasteiger partial charge in [0.25, 0.3) is 0 Å². The van der Waals surface area contributed by atoms with Gasteiger partial charge in [-0.25, -0.2) is 0 Å². The summed E-state index contributed by atoms with van der Waals surface area (Å²) in [7, 11) is 0. The molecule has 1 fully saturated rings. The topological polar surface area (TPSA) is 12.0 Å². The molecule has 0 aliphatic heterocycles. The van der Waals surface area contributed by atoms with Crippen molar-refractivity contribution in [2.75, 3.05) is 0 Å². The first-order valence-electron chi connectivity index (χ1n) is 7.39. The Balaban J connectivity index is 1.56. The van der Waals surface area contributed by atoms with Gasteiger partial charge in [-0.1, -0.05) is 57.9 Å². The largest absolute Gasteiger partial charge is 0.307 e. The molecule has 1 saturated carbocycles. The fourth-order valence-corrected chi connectivity index (χ4v) is 3.77. The fraction of sp³-hybridized carbons (Fsp3) is 0.333. The molecule has 0 bridgehead atoms. The Bertz CT molecular complexity index is 622. The summed E-state index contributed by atoms with van der Waals surface area (Å²) < 4.78 is 1.17. The molecule has 0 amide bonds. The Morgan fingerprint density at radius 1 is 1.14 bits per heavy atom. The van der Waals surface area contributed by atoms with E-state index in [0.717, 1.165) is 5.02 Å². The molecule has 0 saturated heterocycles. The quantitative estimate of drug-likeness (QED) is 0.734. The van der Waals surface area contributed by atoms with Crippen LogP contribution in [0.4, 0.5) is 0 Å². The number of hydrogen-bond acceptors (Lipinski definition) is 1. The van der Waals surface area contributed by atoms with Gasteiger partial charge in [0.2, 0.25) is 0 Å². The van der Waals surface area contributed by atoms with Crippen LogP contribution in [0.2, 0.25) is 5.02 Å². The van der Waals surface area contributed by atoms with Crippen LogP contribution in [0, 0.1) is 0 Å². The maximum absolute atomic E-state index is 6.26. The van der Waals surface area contributed by atoms with Crippen LogP contribution in [0.5, 0.6) is 0 Å². The molecule has 0 spiro atoms. The highest BCUT2D eigenvalue weighted by atomic mass is 79.9. The lowest BCUT2D eigenvalue weighted by molar-refractivity contribution is 0.271. The molecule has 1 aliphatic carbocycles. The number of halogens is 2. The highest BCUT2D eigenvalue weighted by Gasteiger charge is 2.31. The van der Waals surface area contributed by atoms with Crippen LogP contribution in [0.25, 0.3) is 0 Å². The summed E-state index contributed by atoms with van der Waals surface area (Å²) >= 11 is 9.81. The molecule has 1 aliphatic rings. The Hall–Kier alpha value is -0.830. The van der Waals surface area contributed by atoms with Gasteiger partial charge in [-0.3, -0.25) is 0 Å². The van der Waals surface area contributed by atoms with Crippen LogP contribution in [-0.2, 0) is 0 Å². The van der Waals surface area contributed by atoms with Crippen LogP contribution < -0.4 is 5.32 Å². The molecular weight excluding hydrogens is 346 g/mol. The summed E-state index contributed by atoms with van der Waals surface area (Å²) in [6, 6.07) is 17.6. The Morgan fingerprint density at radius 3 is 2.62 bits per heavy atom. The molecule has 1 atom stereocenters. The van der Waals surface area contributed by atoms with Gasteiger partial charge in [-0.05, 0) is 55.0 Å². The molecule has 2 aromatic carbocycles. The highest BCUT2D eigenvalue weighted by Crippen LogP contribution is 2.39. The summed E-state index contributed by atoms with van der Waals surface area (Å²) in [5.41, 5.74) is 2.62. The molecule has 1 nitrogen and oxygen atoms in total. The van der Waals surface area contributed by atoms with Crippen LogP contribution in [0.15, 0.2) is 53.0 Å². The van der Waals surface area contributed by atoms with Crippen LogP contribution in [0.1, 0.15) is 42.9 Å². The van der Waals surface area contributed by atoms with Crippen LogP contribution in [-0.4, -0.2) is 6.04 Å². The second-order valence-corrected chi connectivity index (χ2v) is 7.15. The molecule has 1 N–H and O–H groups in total. The molecular formula is C18H19BrClN. The minimum atomic E-state index is 0.298. The highest BCUT2D eigenvalue weighted by molar-refractivity contribution is 9.10. The SMILES string of the molecule is CC(NC1CC(c2cccc(Br)c2)C1)c1ccccc1Cl. The summed E-state index contributed by atoms with van der Waals surface area (Å²) in [6.07, 6.45) is 2.40. The maximum Gasteiger partial charge on any atom is 0.0453 e. The molecule has 0 radical (unpaired) electrons. The third-order valence-corrected chi connectivity index (χ3v) is 5.15. The maximum atomic E-state index is 6.26. The lowest BCUT2D eigenvalue weighted by atomic mass is 9.75. The van der Waals surface area contributed by atoms with Crippen molar-refractivity contribution in [2.45, 2.75) is 37.8 Å². The predicted octanol–water partition coefficient (Wildman–Crippen LogP) is 5.70. The van der Waals surface area contributed by atoms with E-state index in [-0.39, 0.29) is 0 Å². The van der Waals surface area contributed by atoms with Crippen molar-refractivity contribution in [3.05, 3.63) is 69.2 Å². The normalized spacial score (nSPS) is 22.6. The summed E-state index contributed by atoms with van der Waals surface area (Å²) in [6.45, 7) is 2.19. The molecule has 1 unspecified atom stereocenters. The molecule has 3 rings (SSSR count). The van der Waals surface area contributed by atoms with Gasteiger partial charge in [-0.2, -0.15) is 0 Å². The number of nitrogens with one attached hydrogen (secondary N) is 1. The second-order valence-electron chi connectivity index (χ2n) is 5.83. The van der Waals surface area contributed by atoms with Gasteiger partial charge in [-0.15, -0.1) is 0 Å². The van der Waals surface area contributed by atoms with Crippen molar-refractivity contribution < 1.29 is 0 Å². The first-order chi connectivity index (χ1) is 10.1. The van der Waals surface area contributed by atoms with Crippen molar-refractivity contribution in [3.8, 4) is 0 Å². The monoisotopic (exact) mass is 363 g/mol. The Morgan fingerprint density at radius 2 is 1.90 bits per heavy atom. The third-order valence-electron chi connectivity index (χ3n) is 4.32. The van der Waals surface area contributed by atoms with E-state index in [2.05, 4.69) is 58.5 Å². The Labute approximate surface area is 139 Å². The first kappa shape index (κ1) is 15.1. The molecule has 110 valence electrons. The van der Waals surface area contributed by atoms with E-state index in [4.69, 9.17) is 11.6 Å².